The molecular formula is C13H25NO. The Morgan fingerprint density at radius 2 is 2.27 bits per heavy atom. The molecule has 15 heavy (non-hydrogen) atoms. The average Bonchev–Trinajstić information content (AvgIpc) is 2.94. The van der Waals surface area contributed by atoms with E-state index in [1.54, 1.807) is 0 Å². The minimum Gasteiger partial charge on any atom is -0.374 e. The summed E-state index contributed by atoms with van der Waals surface area (Å²) in [7, 11) is 0. The first kappa shape index (κ1) is 11.4. The molecule has 2 aliphatic rings. The Bertz CT molecular complexity index is 195. The second kappa shape index (κ2) is 4.84. The molecule has 2 atom stereocenters. The maximum Gasteiger partial charge on any atom is 0.0807 e. The smallest absolute Gasteiger partial charge is 0.0807 e. The number of hydrogen-bond donors (Lipinski definition) is 1. The van der Waals surface area contributed by atoms with Crippen molar-refractivity contribution in [3.63, 3.8) is 0 Å². The van der Waals surface area contributed by atoms with Crippen LogP contribution in [0.1, 0.15) is 52.4 Å². The summed E-state index contributed by atoms with van der Waals surface area (Å²) in [5.41, 5.74) is 0.123. The highest BCUT2D eigenvalue weighted by molar-refractivity contribution is 4.95. The summed E-state index contributed by atoms with van der Waals surface area (Å²) in [6.45, 7) is 6.64. The van der Waals surface area contributed by atoms with Gasteiger partial charge in [0.05, 0.1) is 5.60 Å². The number of rotatable bonds is 6. The molecule has 88 valence electrons. The Balaban J connectivity index is 1.89. The van der Waals surface area contributed by atoms with Crippen LogP contribution in [0.3, 0.4) is 0 Å². The van der Waals surface area contributed by atoms with Crippen molar-refractivity contribution in [1.82, 2.24) is 5.32 Å². The van der Waals surface area contributed by atoms with Crippen LogP contribution in [-0.4, -0.2) is 24.8 Å². The standard InChI is InChI=1S/C13H25NO/c1-3-8-14-12(10-11-5-6-11)13(2)7-4-9-15-13/h11-12,14H,3-10H2,1-2H3. The molecule has 2 fully saturated rings. The first-order valence-corrected chi connectivity index (χ1v) is 6.62. The highest BCUT2D eigenvalue weighted by Gasteiger charge is 2.40. The predicted molar refractivity (Wildman–Crippen MR) is 63.0 cm³/mol. The normalized spacial score (nSPS) is 33.2. The van der Waals surface area contributed by atoms with Crippen LogP contribution < -0.4 is 5.32 Å². The largest absolute Gasteiger partial charge is 0.374 e. The Morgan fingerprint density at radius 3 is 2.80 bits per heavy atom. The zero-order valence-electron chi connectivity index (χ0n) is 10.2. The molecule has 0 bridgehead atoms. The summed E-state index contributed by atoms with van der Waals surface area (Å²) in [5.74, 6) is 0.986. The van der Waals surface area contributed by atoms with E-state index in [-0.39, 0.29) is 5.60 Å². The van der Waals surface area contributed by atoms with Crippen molar-refractivity contribution in [2.24, 2.45) is 5.92 Å². The van der Waals surface area contributed by atoms with Gasteiger partial charge in [0.1, 0.15) is 0 Å². The molecule has 1 saturated carbocycles. The molecule has 1 saturated heterocycles. The summed E-state index contributed by atoms with van der Waals surface area (Å²) in [5, 5.41) is 3.70. The Labute approximate surface area is 93.8 Å². The first-order chi connectivity index (χ1) is 7.24. The molecule has 0 aromatic heterocycles. The van der Waals surface area contributed by atoms with E-state index in [0.29, 0.717) is 6.04 Å². The molecule has 2 nitrogen and oxygen atoms in total. The molecule has 0 spiro atoms. The number of nitrogens with one attached hydrogen (secondary N) is 1. The van der Waals surface area contributed by atoms with Crippen LogP contribution >= 0.6 is 0 Å². The molecule has 2 rings (SSSR count). The zero-order chi connectivity index (χ0) is 10.7. The maximum absolute atomic E-state index is 5.97. The van der Waals surface area contributed by atoms with Crippen LogP contribution in [0, 0.1) is 5.92 Å². The van der Waals surface area contributed by atoms with Crippen molar-refractivity contribution in [3.8, 4) is 0 Å². The highest BCUT2D eigenvalue weighted by Crippen LogP contribution is 2.39. The molecule has 0 radical (unpaired) electrons. The van der Waals surface area contributed by atoms with E-state index in [0.717, 1.165) is 19.1 Å². The SMILES string of the molecule is CCCNC(CC1CC1)C1(C)CCCO1. The van der Waals surface area contributed by atoms with Gasteiger partial charge in [-0.3, -0.25) is 0 Å². The van der Waals surface area contributed by atoms with E-state index in [9.17, 15) is 0 Å². The fraction of sp³-hybridized carbons (Fsp3) is 1.00. The number of ether oxygens (including phenoxy) is 1. The third-order valence-electron chi connectivity index (χ3n) is 3.89. The molecule has 0 aromatic rings. The van der Waals surface area contributed by atoms with Crippen LogP contribution in [0.15, 0.2) is 0 Å². The Morgan fingerprint density at radius 1 is 1.47 bits per heavy atom. The van der Waals surface area contributed by atoms with E-state index in [2.05, 4.69) is 19.2 Å². The first-order valence-electron chi connectivity index (χ1n) is 6.62. The van der Waals surface area contributed by atoms with Gasteiger partial charge in [-0.2, -0.15) is 0 Å². The van der Waals surface area contributed by atoms with E-state index < -0.39 is 0 Å². The van der Waals surface area contributed by atoms with Crippen LogP contribution in [0.4, 0.5) is 0 Å². The van der Waals surface area contributed by atoms with Crippen LogP contribution in [0.5, 0.6) is 0 Å². The third kappa shape index (κ3) is 2.94. The topological polar surface area (TPSA) is 21.3 Å². The minimum atomic E-state index is 0.123. The predicted octanol–water partition coefficient (Wildman–Crippen LogP) is 2.72. The summed E-state index contributed by atoms with van der Waals surface area (Å²) in [6, 6.07) is 0.590. The zero-order valence-corrected chi connectivity index (χ0v) is 10.2. The molecular weight excluding hydrogens is 186 g/mol. The summed E-state index contributed by atoms with van der Waals surface area (Å²) in [6.07, 6.45) is 7.92. The van der Waals surface area contributed by atoms with Gasteiger partial charge in [0, 0.05) is 12.6 Å². The molecule has 2 unspecified atom stereocenters. The lowest BCUT2D eigenvalue weighted by molar-refractivity contribution is -0.0152. The third-order valence-corrected chi connectivity index (χ3v) is 3.89. The summed E-state index contributed by atoms with van der Waals surface area (Å²) in [4.78, 5) is 0. The van der Waals surface area contributed by atoms with Crippen LogP contribution in [-0.2, 0) is 4.74 Å². The molecule has 1 aliphatic heterocycles. The Hall–Kier alpha value is -0.0800. The molecule has 0 aromatic carbocycles. The van der Waals surface area contributed by atoms with Gasteiger partial charge in [0.25, 0.3) is 0 Å². The van der Waals surface area contributed by atoms with Crippen molar-refractivity contribution in [3.05, 3.63) is 0 Å². The van der Waals surface area contributed by atoms with E-state index >= 15 is 0 Å². The fourth-order valence-electron chi connectivity index (χ4n) is 2.63. The number of hydrogen-bond acceptors (Lipinski definition) is 2. The Kier molecular flexibility index (Phi) is 3.68. The average molecular weight is 211 g/mol. The quantitative estimate of drug-likeness (QED) is 0.729. The van der Waals surface area contributed by atoms with Crippen molar-refractivity contribution in [2.75, 3.05) is 13.2 Å². The van der Waals surface area contributed by atoms with Crippen molar-refractivity contribution >= 4 is 0 Å². The second-order valence-electron chi connectivity index (χ2n) is 5.45. The van der Waals surface area contributed by atoms with Crippen molar-refractivity contribution in [1.29, 1.82) is 0 Å². The van der Waals surface area contributed by atoms with Gasteiger partial charge in [-0.05, 0) is 45.1 Å². The highest BCUT2D eigenvalue weighted by atomic mass is 16.5. The van der Waals surface area contributed by atoms with E-state index in [1.807, 2.05) is 0 Å². The molecule has 1 N–H and O–H groups in total. The van der Waals surface area contributed by atoms with Gasteiger partial charge in [0.2, 0.25) is 0 Å². The van der Waals surface area contributed by atoms with Crippen LogP contribution in [0.2, 0.25) is 0 Å². The maximum atomic E-state index is 5.97. The van der Waals surface area contributed by atoms with Gasteiger partial charge in [-0.25, -0.2) is 0 Å². The van der Waals surface area contributed by atoms with E-state index in [4.69, 9.17) is 4.74 Å². The monoisotopic (exact) mass is 211 g/mol. The van der Waals surface area contributed by atoms with Crippen molar-refractivity contribution in [2.45, 2.75) is 64.0 Å². The second-order valence-corrected chi connectivity index (χ2v) is 5.45. The fourth-order valence-corrected chi connectivity index (χ4v) is 2.63. The molecule has 2 heteroatoms. The lowest BCUT2D eigenvalue weighted by Gasteiger charge is -2.34. The van der Waals surface area contributed by atoms with Gasteiger partial charge >= 0.3 is 0 Å². The summed E-state index contributed by atoms with van der Waals surface area (Å²) >= 11 is 0. The van der Waals surface area contributed by atoms with Crippen molar-refractivity contribution < 1.29 is 4.74 Å². The van der Waals surface area contributed by atoms with Gasteiger partial charge < -0.3 is 10.1 Å². The molecule has 0 amide bonds. The van der Waals surface area contributed by atoms with Gasteiger partial charge in [-0.1, -0.05) is 19.8 Å². The van der Waals surface area contributed by atoms with Crippen LogP contribution in [0.25, 0.3) is 0 Å². The molecule has 1 aliphatic carbocycles. The molecule has 1 heterocycles. The van der Waals surface area contributed by atoms with Gasteiger partial charge in [-0.15, -0.1) is 0 Å². The lowest BCUT2D eigenvalue weighted by atomic mass is 9.89. The lowest BCUT2D eigenvalue weighted by Crippen LogP contribution is -2.49. The van der Waals surface area contributed by atoms with Gasteiger partial charge in [0.15, 0.2) is 0 Å². The van der Waals surface area contributed by atoms with E-state index in [1.165, 1.54) is 38.5 Å². The summed E-state index contributed by atoms with van der Waals surface area (Å²) < 4.78 is 5.97. The minimum absolute atomic E-state index is 0.123.